The normalized spacial score (nSPS) is 12.2. The standard InChI is InChI=1S/C18H21N3O3S.C18H20N3O3S.Na/c2*1-13-16(19-9-8-17(13)24-11-5-10-23-2)12-25(22)18-20-14-6-3-4-7-15(14)21-18;/h3-4,6-9H,5,10-12H2,1-2H3,(H,20,21);3-4,6-9H,5,10-12H2,1-2H3;/q;-1;+1. The number of hydrogen-bond donors (Lipinski definition) is 1. The molecule has 51 heavy (non-hydrogen) atoms. The Labute approximate surface area is 324 Å². The number of nitrogens with one attached hydrogen (secondary N) is 1. The molecule has 0 saturated carbocycles. The van der Waals surface area contributed by atoms with Crippen LogP contribution in [0.5, 0.6) is 11.5 Å². The number of benzene rings is 2. The number of hydrogen-bond acceptors (Lipinski definition) is 10. The van der Waals surface area contributed by atoms with Crippen LogP contribution in [-0.2, 0) is 42.6 Å². The summed E-state index contributed by atoms with van der Waals surface area (Å²) in [5.74, 6) is 2.08. The van der Waals surface area contributed by atoms with Gasteiger partial charge in [-0.3, -0.25) is 18.4 Å². The molecule has 2 aromatic carbocycles. The zero-order valence-corrected chi connectivity index (χ0v) is 33.2. The number of ether oxygens (including phenoxy) is 4. The van der Waals surface area contributed by atoms with Crippen molar-refractivity contribution >= 4 is 43.7 Å². The molecule has 2 unspecified atom stereocenters. The van der Waals surface area contributed by atoms with Gasteiger partial charge >= 0.3 is 29.6 Å². The molecular formula is C36H41N6NaO6S2. The predicted octanol–water partition coefficient (Wildman–Crippen LogP) is 2.61. The van der Waals surface area contributed by atoms with Crippen molar-refractivity contribution in [2.24, 2.45) is 0 Å². The van der Waals surface area contributed by atoms with Gasteiger partial charge in [-0.1, -0.05) is 36.4 Å². The Morgan fingerprint density at radius 1 is 0.686 bits per heavy atom. The molecule has 0 saturated heterocycles. The number of para-hydroxylation sites is 4. The van der Waals surface area contributed by atoms with Crippen LogP contribution in [0, 0.1) is 13.8 Å². The van der Waals surface area contributed by atoms with Gasteiger partial charge < -0.3 is 33.9 Å². The summed E-state index contributed by atoms with van der Waals surface area (Å²) in [4.78, 5) is 24.9. The summed E-state index contributed by atoms with van der Waals surface area (Å²) in [7, 11) is 0.683. The third kappa shape index (κ3) is 11.2. The van der Waals surface area contributed by atoms with Crippen LogP contribution in [-0.4, -0.2) is 74.0 Å². The summed E-state index contributed by atoms with van der Waals surface area (Å²) in [5, 5.41) is 0.808. The van der Waals surface area contributed by atoms with Gasteiger partial charge in [-0.2, -0.15) is 0 Å². The van der Waals surface area contributed by atoms with E-state index in [-0.39, 0.29) is 35.3 Å². The maximum Gasteiger partial charge on any atom is 1.00 e. The number of aromatic nitrogens is 6. The van der Waals surface area contributed by atoms with Gasteiger partial charge in [0.25, 0.3) is 0 Å². The monoisotopic (exact) mass is 740 g/mol. The maximum atomic E-state index is 12.7. The smallest absolute Gasteiger partial charge is 0.493 e. The second-order valence-electron chi connectivity index (χ2n) is 11.2. The molecule has 15 heteroatoms. The van der Waals surface area contributed by atoms with Crippen molar-refractivity contribution in [1.82, 2.24) is 29.9 Å². The number of methoxy groups -OCH3 is 2. The molecule has 6 aromatic rings. The first-order valence-electron chi connectivity index (χ1n) is 16.1. The Morgan fingerprint density at radius 2 is 1.24 bits per heavy atom. The van der Waals surface area contributed by atoms with Gasteiger partial charge in [-0.05, 0) is 49.1 Å². The summed E-state index contributed by atoms with van der Waals surface area (Å²) in [6.45, 7) is 6.32. The second-order valence-corrected chi connectivity index (χ2v) is 13.9. The number of aromatic amines is 1. The fourth-order valence-electron chi connectivity index (χ4n) is 4.90. The molecule has 4 heterocycles. The number of imidazole rings is 2. The van der Waals surface area contributed by atoms with Crippen molar-refractivity contribution in [3.8, 4) is 11.5 Å². The zero-order valence-electron chi connectivity index (χ0n) is 29.6. The minimum absolute atomic E-state index is 0. The van der Waals surface area contributed by atoms with Gasteiger partial charge in [-0.15, -0.1) is 0 Å². The molecule has 0 aliphatic carbocycles. The van der Waals surface area contributed by atoms with Crippen LogP contribution in [0.2, 0.25) is 0 Å². The average molecular weight is 741 g/mol. The van der Waals surface area contributed by atoms with E-state index in [0.29, 0.717) is 42.5 Å². The zero-order chi connectivity index (χ0) is 35.3. The molecule has 264 valence electrons. The quantitative estimate of drug-likeness (QED) is 0.115. The molecule has 2 atom stereocenters. The van der Waals surface area contributed by atoms with E-state index in [0.717, 1.165) is 68.9 Å². The Morgan fingerprint density at radius 3 is 1.80 bits per heavy atom. The van der Waals surface area contributed by atoms with Crippen LogP contribution in [0.4, 0.5) is 0 Å². The predicted molar refractivity (Wildman–Crippen MR) is 193 cm³/mol. The van der Waals surface area contributed by atoms with E-state index < -0.39 is 21.6 Å². The fraction of sp³-hybridized carbons (Fsp3) is 0.333. The van der Waals surface area contributed by atoms with E-state index in [1.165, 1.54) is 0 Å². The van der Waals surface area contributed by atoms with Crippen LogP contribution in [0.25, 0.3) is 22.1 Å². The van der Waals surface area contributed by atoms with E-state index in [1.807, 2.05) is 74.5 Å². The van der Waals surface area contributed by atoms with Crippen molar-refractivity contribution in [3.63, 3.8) is 0 Å². The van der Waals surface area contributed by atoms with Crippen LogP contribution in [0.15, 0.2) is 83.4 Å². The van der Waals surface area contributed by atoms with Gasteiger partial charge in [-0.25, -0.2) is 4.98 Å². The Balaban J connectivity index is 0.000000224. The summed E-state index contributed by atoms with van der Waals surface area (Å²) in [6, 6.07) is 18.8. The Hall–Kier alpha value is -3.50. The summed E-state index contributed by atoms with van der Waals surface area (Å²) in [6.07, 6.45) is 4.99. The van der Waals surface area contributed by atoms with Crippen molar-refractivity contribution in [2.75, 3.05) is 40.6 Å². The summed E-state index contributed by atoms with van der Waals surface area (Å²) < 4.78 is 46.9. The van der Waals surface area contributed by atoms with Gasteiger partial charge in [0.1, 0.15) is 11.5 Å². The van der Waals surface area contributed by atoms with Crippen molar-refractivity contribution in [1.29, 1.82) is 0 Å². The van der Waals surface area contributed by atoms with E-state index in [9.17, 15) is 8.42 Å². The molecule has 0 spiro atoms. The number of nitrogens with zero attached hydrogens (tertiary/aromatic N) is 5. The van der Waals surface area contributed by atoms with Crippen molar-refractivity contribution < 1.29 is 56.9 Å². The van der Waals surface area contributed by atoms with E-state index in [4.69, 9.17) is 18.9 Å². The molecule has 0 aliphatic rings. The largest absolute Gasteiger partial charge is 1.00 e. The molecule has 4 aromatic heterocycles. The summed E-state index contributed by atoms with van der Waals surface area (Å²) in [5.41, 5.74) is 6.49. The minimum Gasteiger partial charge on any atom is -0.493 e. The topological polar surface area (TPSA) is 153 Å². The van der Waals surface area contributed by atoms with Gasteiger partial charge in [0.05, 0.1) is 68.7 Å². The molecule has 1 N–H and O–H groups in total. The van der Waals surface area contributed by atoms with Gasteiger partial charge in [0.2, 0.25) is 0 Å². The number of fused-ring (bicyclic) bond motifs is 2. The first-order valence-corrected chi connectivity index (χ1v) is 18.7. The van der Waals surface area contributed by atoms with Crippen molar-refractivity contribution in [2.45, 2.75) is 48.5 Å². The van der Waals surface area contributed by atoms with Crippen LogP contribution < -0.4 is 44.0 Å². The van der Waals surface area contributed by atoms with E-state index in [1.54, 1.807) is 26.6 Å². The second kappa shape index (κ2) is 20.5. The van der Waals surface area contributed by atoms with E-state index >= 15 is 0 Å². The third-order valence-corrected chi connectivity index (χ3v) is 9.94. The molecule has 0 amide bonds. The van der Waals surface area contributed by atoms with Gasteiger partial charge in [0, 0.05) is 69.0 Å². The van der Waals surface area contributed by atoms with Crippen LogP contribution in [0.1, 0.15) is 35.4 Å². The third-order valence-electron chi connectivity index (χ3n) is 7.65. The minimum atomic E-state index is -1.35. The summed E-state index contributed by atoms with van der Waals surface area (Å²) >= 11 is 0. The Kier molecular flexibility index (Phi) is 16.2. The van der Waals surface area contributed by atoms with Crippen LogP contribution in [0.3, 0.4) is 0 Å². The molecule has 0 bridgehead atoms. The fourth-order valence-corrected chi connectivity index (χ4v) is 7.07. The van der Waals surface area contributed by atoms with Crippen molar-refractivity contribution in [3.05, 3.63) is 95.6 Å². The average Bonchev–Trinajstić information content (AvgIpc) is 3.77. The molecule has 6 rings (SSSR count). The molecule has 12 nitrogen and oxygen atoms in total. The number of H-pyrrole nitrogens is 1. The molecule has 0 radical (unpaired) electrons. The molecule has 0 aliphatic heterocycles. The Bertz CT molecular complexity index is 1840. The van der Waals surface area contributed by atoms with Gasteiger partial charge in [0.15, 0.2) is 5.16 Å². The molecular weight excluding hydrogens is 700 g/mol. The number of pyridine rings is 2. The van der Waals surface area contributed by atoms with Crippen LogP contribution >= 0.6 is 0 Å². The first kappa shape index (κ1) is 40.3. The first-order chi connectivity index (χ1) is 24.4. The van der Waals surface area contributed by atoms with E-state index in [2.05, 4.69) is 29.9 Å². The number of rotatable bonds is 16. The molecule has 0 fully saturated rings. The maximum absolute atomic E-state index is 12.7. The SMILES string of the molecule is COCCCOc1ccnc(CS(=O)c2nc3ccccc3[n-]2)c1C.COCCCOc1ccnc(CS(=O)c2nc3ccccc3[nH]2)c1C.[Na+].